The molecule has 3 saturated heterocycles. The van der Waals surface area contributed by atoms with Crippen molar-refractivity contribution in [2.45, 2.75) is 82.4 Å². The van der Waals surface area contributed by atoms with Crippen LogP contribution in [0.5, 0.6) is 6.01 Å². The molecule has 2 aromatic rings. The Hall–Kier alpha value is -3.40. The van der Waals surface area contributed by atoms with Crippen molar-refractivity contribution in [2.75, 3.05) is 43.4 Å². The van der Waals surface area contributed by atoms with Crippen molar-refractivity contribution in [3.63, 3.8) is 0 Å². The third kappa shape index (κ3) is 5.61. The van der Waals surface area contributed by atoms with Crippen LogP contribution in [0.3, 0.4) is 0 Å². The summed E-state index contributed by atoms with van der Waals surface area (Å²) in [5.74, 6) is 4.20. The second-order valence-electron chi connectivity index (χ2n) is 12.7. The molecule has 5 heterocycles. The number of hydrogen-bond donors (Lipinski definition) is 2. The molecule has 236 valence electrons. The first-order valence-electron chi connectivity index (χ1n) is 15.0. The van der Waals surface area contributed by atoms with Crippen LogP contribution >= 0.6 is 0 Å². The van der Waals surface area contributed by atoms with Gasteiger partial charge in [0.1, 0.15) is 12.4 Å². The summed E-state index contributed by atoms with van der Waals surface area (Å²) in [4.78, 5) is 13.7. The van der Waals surface area contributed by atoms with E-state index in [4.69, 9.17) is 20.2 Å². The predicted molar refractivity (Wildman–Crippen MR) is 156 cm³/mol. The molecular formula is C32H37F4N5O3. The maximum absolute atomic E-state index is 15.5. The van der Waals surface area contributed by atoms with Crippen molar-refractivity contribution in [1.29, 1.82) is 0 Å². The Morgan fingerprint density at radius 1 is 1.25 bits per heavy atom. The van der Waals surface area contributed by atoms with Gasteiger partial charge < -0.3 is 25.2 Å². The van der Waals surface area contributed by atoms with Crippen LogP contribution in [0.2, 0.25) is 0 Å². The van der Waals surface area contributed by atoms with Gasteiger partial charge in [0.15, 0.2) is 5.82 Å². The lowest BCUT2D eigenvalue weighted by molar-refractivity contribution is -0.140. The van der Waals surface area contributed by atoms with Gasteiger partial charge in [-0.05, 0) is 58.6 Å². The van der Waals surface area contributed by atoms with Gasteiger partial charge in [0.2, 0.25) is 0 Å². The quantitative estimate of drug-likeness (QED) is 0.212. The average Bonchev–Trinajstić information content (AvgIpc) is 3.47. The zero-order valence-corrected chi connectivity index (χ0v) is 25.0. The molecule has 3 atom stereocenters. The molecule has 44 heavy (non-hydrogen) atoms. The van der Waals surface area contributed by atoms with E-state index < -0.39 is 46.1 Å². The number of aromatic nitrogens is 2. The molecule has 0 radical (unpaired) electrons. The summed E-state index contributed by atoms with van der Waals surface area (Å²) in [5, 5.41) is 10.8. The van der Waals surface area contributed by atoms with Crippen molar-refractivity contribution in [3.05, 3.63) is 52.0 Å². The van der Waals surface area contributed by atoms with Gasteiger partial charge in [0.05, 0.1) is 40.8 Å². The van der Waals surface area contributed by atoms with E-state index in [0.29, 0.717) is 43.2 Å². The van der Waals surface area contributed by atoms with E-state index in [0.717, 1.165) is 50.4 Å². The van der Waals surface area contributed by atoms with E-state index in [9.17, 15) is 18.3 Å². The highest BCUT2D eigenvalue weighted by atomic mass is 19.4. The highest BCUT2D eigenvalue weighted by molar-refractivity contribution is 5.59. The fourth-order valence-electron chi connectivity index (χ4n) is 7.33. The summed E-state index contributed by atoms with van der Waals surface area (Å²) in [6.07, 6.45) is -2.25. The topological polar surface area (TPSA) is 97.0 Å². The van der Waals surface area contributed by atoms with Crippen LogP contribution in [-0.4, -0.2) is 63.9 Å². The molecule has 2 unspecified atom stereocenters. The van der Waals surface area contributed by atoms with Crippen LogP contribution in [0.4, 0.5) is 29.1 Å². The van der Waals surface area contributed by atoms with Crippen molar-refractivity contribution in [2.24, 2.45) is 0 Å². The molecule has 1 aromatic heterocycles. The van der Waals surface area contributed by atoms with Crippen molar-refractivity contribution in [1.82, 2.24) is 14.9 Å². The maximum Gasteiger partial charge on any atom is 0.418 e. The largest absolute Gasteiger partial charge is 0.461 e. The zero-order valence-electron chi connectivity index (χ0n) is 25.0. The molecular weight excluding hydrogens is 578 g/mol. The van der Waals surface area contributed by atoms with Crippen molar-refractivity contribution < 1.29 is 32.1 Å². The van der Waals surface area contributed by atoms with Crippen LogP contribution in [0.25, 0.3) is 0 Å². The number of nitrogens with zero attached hydrogens (tertiary/aromatic N) is 4. The summed E-state index contributed by atoms with van der Waals surface area (Å²) in [5.41, 5.74) is 4.07. The van der Waals surface area contributed by atoms with Crippen molar-refractivity contribution in [3.8, 4) is 17.9 Å². The van der Waals surface area contributed by atoms with Crippen LogP contribution in [0, 0.1) is 17.7 Å². The smallest absolute Gasteiger partial charge is 0.418 e. The molecule has 0 spiro atoms. The van der Waals surface area contributed by atoms with E-state index >= 15 is 4.39 Å². The number of fused-ring (bicyclic) bond motifs is 2. The predicted octanol–water partition coefficient (Wildman–Crippen LogP) is 4.93. The van der Waals surface area contributed by atoms with E-state index in [1.165, 1.54) is 6.92 Å². The second-order valence-corrected chi connectivity index (χ2v) is 12.7. The van der Waals surface area contributed by atoms with E-state index in [2.05, 4.69) is 28.3 Å². The monoisotopic (exact) mass is 615 g/mol. The van der Waals surface area contributed by atoms with Gasteiger partial charge in [0, 0.05) is 42.7 Å². The van der Waals surface area contributed by atoms with Gasteiger partial charge in [-0.25, -0.2) is 4.39 Å². The normalized spacial score (nSPS) is 27.1. The van der Waals surface area contributed by atoms with Gasteiger partial charge >= 0.3 is 12.2 Å². The Morgan fingerprint density at radius 3 is 2.75 bits per heavy atom. The Balaban J connectivity index is 1.40. The molecule has 3 fully saturated rings. The Bertz CT molecular complexity index is 1550. The Morgan fingerprint density at radius 2 is 2.02 bits per heavy atom. The van der Waals surface area contributed by atoms with Gasteiger partial charge in [-0.3, -0.25) is 4.90 Å². The number of aliphatic hydroxyl groups is 1. The minimum atomic E-state index is -4.91. The number of rotatable bonds is 5. The number of β-amino-alcohol motifs (C(OH)–C–C–N with tert-alkyl or cyclic N) is 1. The minimum Gasteiger partial charge on any atom is -0.461 e. The first-order chi connectivity index (χ1) is 20.8. The van der Waals surface area contributed by atoms with E-state index in [-0.39, 0.29) is 24.6 Å². The third-order valence-electron chi connectivity index (χ3n) is 9.23. The van der Waals surface area contributed by atoms with Crippen LogP contribution in [-0.2, 0) is 23.9 Å². The first-order valence-corrected chi connectivity index (χ1v) is 15.0. The minimum absolute atomic E-state index is 0.0879. The molecule has 0 amide bonds. The highest BCUT2D eigenvalue weighted by Gasteiger charge is 2.47. The summed E-state index contributed by atoms with van der Waals surface area (Å²) in [6.45, 7) is 10.2. The summed E-state index contributed by atoms with van der Waals surface area (Å²) in [7, 11) is 0. The maximum atomic E-state index is 15.5. The molecule has 12 heteroatoms. The number of alkyl halides is 3. The number of ether oxygens (including phenoxy) is 2. The fourth-order valence-corrected chi connectivity index (χ4v) is 7.33. The van der Waals surface area contributed by atoms with Gasteiger partial charge in [0.25, 0.3) is 0 Å². The molecule has 0 saturated carbocycles. The summed E-state index contributed by atoms with van der Waals surface area (Å²) < 4.78 is 70.9. The molecule has 1 aromatic carbocycles. The van der Waals surface area contributed by atoms with Crippen LogP contribution in [0.15, 0.2) is 18.2 Å². The van der Waals surface area contributed by atoms with Gasteiger partial charge in [-0.2, -0.15) is 23.1 Å². The molecule has 4 aliphatic rings. The van der Waals surface area contributed by atoms with E-state index in [1.54, 1.807) is 6.92 Å². The number of benzene rings is 1. The van der Waals surface area contributed by atoms with E-state index in [1.807, 2.05) is 4.90 Å². The number of piperidine rings is 1. The standard InChI is InChI=1S/C32H37F4N5O3/c1-4-7-20-12-22(37)27(33)25(26(20)32(34,35)36)24-13-23-21(16-43-24)28(40-10-5-8-30(3,42)17-40)39-29(38-23)44-18-31-9-6-11-41(31)15-19(2)14-31/h12,24,42H,2,5-6,8-11,13-18,37H2,1,3H3/t24?,30?,31-/m0/s1. The molecule has 3 N–H and O–H groups in total. The number of nitrogen functional groups attached to an aromatic ring is 1. The second kappa shape index (κ2) is 11.2. The molecule has 0 bridgehead atoms. The summed E-state index contributed by atoms with van der Waals surface area (Å²) in [6, 6.07) is 0.997. The Labute approximate surface area is 254 Å². The number of anilines is 2. The lowest BCUT2D eigenvalue weighted by Gasteiger charge is -2.39. The number of nitrogens with two attached hydrogens (primary N) is 1. The molecule has 0 aliphatic carbocycles. The summed E-state index contributed by atoms with van der Waals surface area (Å²) >= 11 is 0. The average molecular weight is 616 g/mol. The van der Waals surface area contributed by atoms with Crippen LogP contribution < -0.4 is 15.4 Å². The van der Waals surface area contributed by atoms with Crippen LogP contribution in [0.1, 0.15) is 80.0 Å². The lowest BCUT2D eigenvalue weighted by atomic mass is 9.90. The van der Waals surface area contributed by atoms with Gasteiger partial charge in [-0.15, -0.1) is 5.92 Å². The molecule has 6 rings (SSSR count). The fraction of sp³-hybridized carbons (Fsp3) is 0.562. The zero-order chi connectivity index (χ0) is 31.4. The molecule has 8 nitrogen and oxygen atoms in total. The van der Waals surface area contributed by atoms with Crippen molar-refractivity contribution >= 4 is 11.5 Å². The SMILES string of the molecule is C=C1CN2CCC[C@@]2(COc2nc3c(c(N4CCCC(C)(O)C4)n2)COC(c2c(F)c(N)cc(C#CC)c2C(F)(F)F)C3)C1. The number of halogens is 4. The molecule has 4 aliphatic heterocycles. The Kier molecular flexibility index (Phi) is 7.79. The third-order valence-corrected chi connectivity index (χ3v) is 9.23. The number of hydrogen-bond acceptors (Lipinski definition) is 8. The first kappa shape index (κ1) is 30.6. The lowest BCUT2D eigenvalue weighted by Crippen LogP contribution is -2.47. The van der Waals surface area contributed by atoms with Gasteiger partial charge in [-0.1, -0.05) is 18.1 Å². The highest BCUT2D eigenvalue weighted by Crippen LogP contribution is 2.45.